The minimum Gasteiger partial charge on any atom is -0.356 e. The van der Waals surface area contributed by atoms with Gasteiger partial charge >= 0.3 is 0 Å². The lowest BCUT2D eigenvalue weighted by atomic mass is 9.96. The number of piperidine rings is 2. The minimum absolute atomic E-state index is 0.147. The smallest absolute Gasteiger partial charge is 0.223 e. The SMILES string of the molecule is Cc1cc(C)c2nc(N3CCC(C(=O)NCCCN4CCCCC4C)CC3)sc2c1. The average Bonchev–Trinajstić information content (AvgIpc) is 3.17. The van der Waals surface area contributed by atoms with E-state index in [9.17, 15) is 4.79 Å². The number of carbonyl (C=O) groups excluding carboxylic acids is 1. The monoisotopic (exact) mass is 428 g/mol. The molecule has 1 aromatic heterocycles. The molecular weight excluding hydrogens is 392 g/mol. The third kappa shape index (κ3) is 4.97. The highest BCUT2D eigenvalue weighted by Gasteiger charge is 2.26. The number of nitrogens with one attached hydrogen (secondary N) is 1. The van der Waals surface area contributed by atoms with Gasteiger partial charge in [0.05, 0.1) is 10.2 Å². The molecule has 0 saturated carbocycles. The van der Waals surface area contributed by atoms with Crippen LogP contribution in [0.4, 0.5) is 5.13 Å². The molecule has 1 unspecified atom stereocenters. The molecule has 164 valence electrons. The van der Waals surface area contributed by atoms with Crippen LogP contribution in [0.2, 0.25) is 0 Å². The highest BCUT2D eigenvalue weighted by Crippen LogP contribution is 2.33. The van der Waals surface area contributed by atoms with Gasteiger partial charge < -0.3 is 15.1 Å². The van der Waals surface area contributed by atoms with Crippen LogP contribution >= 0.6 is 11.3 Å². The molecule has 0 radical (unpaired) electrons. The van der Waals surface area contributed by atoms with E-state index < -0.39 is 0 Å². The van der Waals surface area contributed by atoms with Crippen LogP contribution in [0.25, 0.3) is 10.2 Å². The number of aryl methyl sites for hydroxylation is 2. The standard InChI is InChI=1S/C24H36N4OS/c1-17-15-18(2)22-21(16-17)30-24(26-22)28-13-8-20(9-14-28)23(29)25-10-6-12-27-11-5-4-7-19(27)3/h15-16,19-20H,4-14H2,1-3H3,(H,25,29). The Kier molecular flexibility index (Phi) is 6.94. The van der Waals surface area contributed by atoms with Crippen molar-refractivity contribution in [3.8, 4) is 0 Å². The lowest BCUT2D eigenvalue weighted by molar-refractivity contribution is -0.125. The van der Waals surface area contributed by atoms with Crippen LogP contribution in [-0.4, -0.2) is 54.6 Å². The molecule has 4 rings (SSSR count). The summed E-state index contributed by atoms with van der Waals surface area (Å²) < 4.78 is 1.27. The van der Waals surface area contributed by atoms with E-state index in [1.807, 2.05) is 0 Å². The molecule has 1 N–H and O–H groups in total. The highest BCUT2D eigenvalue weighted by molar-refractivity contribution is 7.22. The zero-order valence-electron chi connectivity index (χ0n) is 18.7. The van der Waals surface area contributed by atoms with E-state index in [1.165, 1.54) is 41.6 Å². The lowest BCUT2D eigenvalue weighted by Gasteiger charge is -2.33. The first kappa shape index (κ1) is 21.6. The Balaban J connectivity index is 1.22. The Morgan fingerprint density at radius 3 is 2.73 bits per heavy atom. The summed E-state index contributed by atoms with van der Waals surface area (Å²) in [6, 6.07) is 5.14. The first-order valence-corrected chi connectivity index (χ1v) is 12.5. The van der Waals surface area contributed by atoms with Crippen molar-refractivity contribution in [3.05, 3.63) is 23.3 Å². The second-order valence-corrected chi connectivity index (χ2v) is 10.2. The molecule has 3 heterocycles. The predicted molar refractivity (Wildman–Crippen MR) is 127 cm³/mol. The largest absolute Gasteiger partial charge is 0.356 e. The lowest BCUT2D eigenvalue weighted by Crippen LogP contribution is -2.42. The van der Waals surface area contributed by atoms with Gasteiger partial charge in [-0.05, 0) is 76.6 Å². The van der Waals surface area contributed by atoms with Gasteiger partial charge in [0.15, 0.2) is 5.13 Å². The van der Waals surface area contributed by atoms with E-state index in [0.29, 0.717) is 6.04 Å². The molecule has 1 aromatic carbocycles. The molecule has 0 spiro atoms. The van der Waals surface area contributed by atoms with E-state index in [1.54, 1.807) is 11.3 Å². The number of benzene rings is 1. The number of fused-ring (bicyclic) bond motifs is 1. The first-order chi connectivity index (χ1) is 14.5. The maximum Gasteiger partial charge on any atom is 0.223 e. The predicted octanol–water partition coefficient (Wildman–Crippen LogP) is 4.51. The van der Waals surface area contributed by atoms with Crippen molar-refractivity contribution >= 4 is 32.6 Å². The number of likely N-dealkylation sites (tertiary alicyclic amines) is 1. The number of nitrogens with zero attached hydrogens (tertiary/aromatic N) is 3. The molecule has 1 atom stereocenters. The maximum atomic E-state index is 12.6. The number of anilines is 1. The summed E-state index contributed by atoms with van der Waals surface area (Å²) in [5.41, 5.74) is 3.67. The third-order valence-electron chi connectivity index (χ3n) is 6.82. The van der Waals surface area contributed by atoms with E-state index in [4.69, 9.17) is 4.98 Å². The van der Waals surface area contributed by atoms with Crippen LogP contribution in [0.1, 0.15) is 56.6 Å². The van der Waals surface area contributed by atoms with Crippen molar-refractivity contribution in [1.82, 2.24) is 15.2 Å². The van der Waals surface area contributed by atoms with Gasteiger partial charge in [-0.25, -0.2) is 4.98 Å². The molecule has 30 heavy (non-hydrogen) atoms. The van der Waals surface area contributed by atoms with Gasteiger partial charge in [-0.15, -0.1) is 0 Å². The Morgan fingerprint density at radius 2 is 1.97 bits per heavy atom. The molecule has 2 fully saturated rings. The summed E-state index contributed by atoms with van der Waals surface area (Å²) >= 11 is 1.78. The van der Waals surface area contributed by atoms with Crippen molar-refractivity contribution in [2.75, 3.05) is 37.6 Å². The van der Waals surface area contributed by atoms with Gasteiger partial charge in [-0.1, -0.05) is 23.8 Å². The van der Waals surface area contributed by atoms with Gasteiger partial charge in [0.25, 0.3) is 0 Å². The molecule has 0 aliphatic carbocycles. The first-order valence-electron chi connectivity index (χ1n) is 11.7. The summed E-state index contributed by atoms with van der Waals surface area (Å²) in [4.78, 5) is 22.5. The number of thiazole rings is 1. The normalized spacial score (nSPS) is 21.3. The van der Waals surface area contributed by atoms with Gasteiger partial charge in [0.2, 0.25) is 5.91 Å². The van der Waals surface area contributed by atoms with Crippen LogP contribution < -0.4 is 10.2 Å². The van der Waals surface area contributed by atoms with Crippen molar-refractivity contribution in [2.45, 2.75) is 65.3 Å². The quantitative estimate of drug-likeness (QED) is 0.688. The summed E-state index contributed by atoms with van der Waals surface area (Å²) in [7, 11) is 0. The van der Waals surface area contributed by atoms with Gasteiger partial charge in [-0.2, -0.15) is 0 Å². The second-order valence-electron chi connectivity index (χ2n) is 9.21. The van der Waals surface area contributed by atoms with Crippen LogP contribution in [-0.2, 0) is 4.79 Å². The molecule has 0 bridgehead atoms. The van der Waals surface area contributed by atoms with E-state index in [-0.39, 0.29) is 11.8 Å². The van der Waals surface area contributed by atoms with Gasteiger partial charge in [0, 0.05) is 38.1 Å². The zero-order valence-corrected chi connectivity index (χ0v) is 19.6. The Bertz CT molecular complexity index is 871. The van der Waals surface area contributed by atoms with Crippen LogP contribution in [0.15, 0.2) is 12.1 Å². The van der Waals surface area contributed by atoms with Gasteiger partial charge in [0.1, 0.15) is 0 Å². The number of hydrogen-bond acceptors (Lipinski definition) is 5. The topological polar surface area (TPSA) is 48.5 Å². The van der Waals surface area contributed by atoms with E-state index >= 15 is 0 Å². The average molecular weight is 429 g/mol. The Morgan fingerprint density at radius 1 is 1.17 bits per heavy atom. The minimum atomic E-state index is 0.147. The van der Waals surface area contributed by atoms with Gasteiger partial charge in [-0.3, -0.25) is 4.79 Å². The number of rotatable bonds is 6. The molecule has 2 saturated heterocycles. The molecule has 5 nitrogen and oxygen atoms in total. The summed E-state index contributed by atoms with van der Waals surface area (Å²) in [5.74, 6) is 0.394. The Labute approximate surface area is 184 Å². The van der Waals surface area contributed by atoms with Crippen molar-refractivity contribution in [2.24, 2.45) is 5.92 Å². The summed E-state index contributed by atoms with van der Waals surface area (Å²) in [6.45, 7) is 11.6. The number of carbonyl (C=O) groups is 1. The van der Waals surface area contributed by atoms with Crippen LogP contribution in [0.5, 0.6) is 0 Å². The highest BCUT2D eigenvalue weighted by atomic mass is 32.1. The maximum absolute atomic E-state index is 12.6. The van der Waals surface area contributed by atoms with Crippen molar-refractivity contribution in [1.29, 1.82) is 0 Å². The third-order valence-corrected chi connectivity index (χ3v) is 7.88. The molecule has 2 aliphatic heterocycles. The van der Waals surface area contributed by atoms with E-state index in [2.05, 4.69) is 48.0 Å². The van der Waals surface area contributed by atoms with Crippen LogP contribution in [0, 0.1) is 19.8 Å². The summed E-state index contributed by atoms with van der Waals surface area (Å²) in [6.07, 6.45) is 6.90. The number of aromatic nitrogens is 1. The molecule has 1 amide bonds. The molecule has 6 heteroatoms. The molecular formula is C24H36N4OS. The van der Waals surface area contributed by atoms with Crippen molar-refractivity contribution in [3.63, 3.8) is 0 Å². The number of hydrogen-bond donors (Lipinski definition) is 1. The second kappa shape index (κ2) is 9.65. The fraction of sp³-hybridized carbons (Fsp3) is 0.667. The molecule has 2 aromatic rings. The van der Waals surface area contributed by atoms with Crippen LogP contribution in [0.3, 0.4) is 0 Å². The fourth-order valence-corrected chi connectivity index (χ4v) is 6.15. The summed E-state index contributed by atoms with van der Waals surface area (Å²) in [5, 5.41) is 4.30. The van der Waals surface area contributed by atoms with E-state index in [0.717, 1.165) is 56.1 Å². The fourth-order valence-electron chi connectivity index (χ4n) is 4.95. The van der Waals surface area contributed by atoms with Crippen molar-refractivity contribution < 1.29 is 4.79 Å². The zero-order chi connectivity index (χ0) is 21.1. The molecule has 2 aliphatic rings. The Hall–Kier alpha value is -1.66. The number of amides is 1.